The zero-order chi connectivity index (χ0) is 29.6. The van der Waals surface area contributed by atoms with Gasteiger partial charge >= 0.3 is 11.9 Å². The van der Waals surface area contributed by atoms with Crippen LogP contribution in [0.5, 0.6) is 5.75 Å². The van der Waals surface area contributed by atoms with Crippen LogP contribution in [-0.2, 0) is 19.7 Å². The number of allylic oxidation sites excluding steroid dienone is 2. The number of rotatable bonds is 6. The van der Waals surface area contributed by atoms with Gasteiger partial charge in [-0.25, -0.2) is 9.59 Å². The maximum atomic E-state index is 12.0. The summed E-state index contributed by atoms with van der Waals surface area (Å²) in [6.07, 6.45) is 8.73. The third-order valence-corrected chi connectivity index (χ3v) is 8.48. The van der Waals surface area contributed by atoms with E-state index in [1.165, 1.54) is 33.7 Å². The molecular formula is C39H28O4. The van der Waals surface area contributed by atoms with E-state index in [-0.39, 0.29) is 6.10 Å². The first-order chi connectivity index (χ1) is 21.0. The summed E-state index contributed by atoms with van der Waals surface area (Å²) in [4.78, 5) is 24.0. The van der Waals surface area contributed by atoms with E-state index in [9.17, 15) is 9.59 Å². The van der Waals surface area contributed by atoms with Crippen LogP contribution >= 0.6 is 0 Å². The van der Waals surface area contributed by atoms with Crippen LogP contribution < -0.4 is 4.74 Å². The van der Waals surface area contributed by atoms with E-state index in [2.05, 4.69) is 98.1 Å². The van der Waals surface area contributed by atoms with Gasteiger partial charge in [-0.2, -0.15) is 0 Å². The normalized spacial score (nSPS) is 18.4. The fourth-order valence-electron chi connectivity index (χ4n) is 6.67. The van der Waals surface area contributed by atoms with Crippen LogP contribution in [0.3, 0.4) is 0 Å². The Morgan fingerprint density at radius 3 is 2.16 bits per heavy atom. The Balaban J connectivity index is 1.54. The lowest BCUT2D eigenvalue weighted by Crippen LogP contribution is -2.31. The van der Waals surface area contributed by atoms with Gasteiger partial charge in [0, 0.05) is 18.6 Å². The largest absolute Gasteiger partial charge is 0.455 e. The molecule has 5 aromatic carbocycles. The van der Waals surface area contributed by atoms with E-state index < -0.39 is 17.4 Å². The molecule has 5 aromatic rings. The van der Waals surface area contributed by atoms with Gasteiger partial charge in [0.15, 0.2) is 0 Å². The molecule has 0 saturated heterocycles. The van der Waals surface area contributed by atoms with Crippen LogP contribution in [-0.4, -0.2) is 18.0 Å². The third kappa shape index (κ3) is 4.22. The predicted molar refractivity (Wildman–Crippen MR) is 171 cm³/mol. The van der Waals surface area contributed by atoms with Gasteiger partial charge in [-0.3, -0.25) is 0 Å². The monoisotopic (exact) mass is 560 g/mol. The van der Waals surface area contributed by atoms with E-state index >= 15 is 0 Å². The second kappa shape index (κ2) is 10.4. The van der Waals surface area contributed by atoms with Crippen molar-refractivity contribution >= 4 is 33.5 Å². The zero-order valence-electron chi connectivity index (χ0n) is 23.5. The summed E-state index contributed by atoms with van der Waals surface area (Å²) >= 11 is 0. The number of esters is 2. The molecule has 0 fully saturated rings. The lowest BCUT2D eigenvalue weighted by molar-refractivity contribution is -0.140. The van der Waals surface area contributed by atoms with Gasteiger partial charge in [-0.1, -0.05) is 98.1 Å². The number of ether oxygens (including phenoxy) is 2. The smallest absolute Gasteiger partial charge is 0.335 e. The van der Waals surface area contributed by atoms with Crippen molar-refractivity contribution in [2.45, 2.75) is 17.9 Å². The molecule has 43 heavy (non-hydrogen) atoms. The molecule has 2 unspecified atom stereocenters. The van der Waals surface area contributed by atoms with Gasteiger partial charge in [-0.05, 0) is 85.3 Å². The molecule has 0 bridgehead atoms. The molecule has 4 heteroatoms. The Morgan fingerprint density at radius 2 is 1.47 bits per heavy atom. The van der Waals surface area contributed by atoms with Crippen LogP contribution in [0.25, 0.3) is 32.7 Å². The molecule has 2 aliphatic rings. The highest BCUT2D eigenvalue weighted by Gasteiger charge is 2.48. The molecule has 0 spiro atoms. The SMILES string of the molecule is C=CC(=O)Oc1ccc(C2(C3=CCC(OC(=O)C=C)C=C3)c3cc4ccccc4cc3-c3ccc4ccccc4c32)cc1. The second-order valence-corrected chi connectivity index (χ2v) is 10.8. The Morgan fingerprint density at radius 1 is 0.767 bits per heavy atom. The molecule has 0 saturated carbocycles. The number of carbonyl (C=O) groups is 2. The summed E-state index contributed by atoms with van der Waals surface area (Å²) in [5, 5.41) is 4.64. The molecular weight excluding hydrogens is 532 g/mol. The maximum Gasteiger partial charge on any atom is 0.335 e. The molecule has 208 valence electrons. The fourth-order valence-corrected chi connectivity index (χ4v) is 6.67. The average Bonchev–Trinajstić information content (AvgIpc) is 3.34. The molecule has 0 amide bonds. The Kier molecular flexibility index (Phi) is 6.40. The molecule has 0 heterocycles. The van der Waals surface area contributed by atoms with Gasteiger partial charge in [0.25, 0.3) is 0 Å². The van der Waals surface area contributed by atoms with Crippen molar-refractivity contribution < 1.29 is 19.1 Å². The number of carbonyl (C=O) groups excluding carboxylic acids is 2. The highest BCUT2D eigenvalue weighted by atomic mass is 16.5. The van der Waals surface area contributed by atoms with Crippen molar-refractivity contribution in [1.29, 1.82) is 0 Å². The molecule has 2 aliphatic carbocycles. The summed E-state index contributed by atoms with van der Waals surface area (Å²) in [7, 11) is 0. The van der Waals surface area contributed by atoms with E-state index in [0.717, 1.165) is 33.4 Å². The van der Waals surface area contributed by atoms with Gasteiger partial charge in [0.1, 0.15) is 11.9 Å². The van der Waals surface area contributed by atoms with Crippen LogP contribution in [0.2, 0.25) is 0 Å². The average molecular weight is 561 g/mol. The van der Waals surface area contributed by atoms with Gasteiger partial charge in [0.2, 0.25) is 0 Å². The van der Waals surface area contributed by atoms with Gasteiger partial charge < -0.3 is 9.47 Å². The van der Waals surface area contributed by atoms with E-state index in [4.69, 9.17) is 9.47 Å². The summed E-state index contributed by atoms with van der Waals surface area (Å²) in [5.74, 6) is -0.502. The number of benzene rings is 5. The molecule has 4 nitrogen and oxygen atoms in total. The third-order valence-electron chi connectivity index (χ3n) is 8.48. The fraction of sp³-hybridized carbons (Fsp3) is 0.0769. The second-order valence-electron chi connectivity index (χ2n) is 10.8. The molecule has 0 radical (unpaired) electrons. The minimum absolute atomic E-state index is 0.378. The number of hydrogen-bond acceptors (Lipinski definition) is 4. The standard InChI is InChI=1S/C39H28O4/c1-3-36(40)42-30-18-14-28(15-19-30)39(29-16-20-31(21-17-29)43-37(41)4-2)35-24-27-11-6-5-10-26(27)23-34(35)33-22-13-25-9-7-8-12-32(25)38(33)39/h3-20,22-24,31H,1-2,21H2. The Labute approximate surface area is 249 Å². The lowest BCUT2D eigenvalue weighted by atomic mass is 9.65. The maximum absolute atomic E-state index is 12.0. The van der Waals surface area contributed by atoms with Crippen LogP contribution in [0.1, 0.15) is 23.1 Å². The Hall–Kier alpha value is -5.48. The van der Waals surface area contributed by atoms with E-state index in [1.54, 1.807) is 0 Å². The first-order valence-corrected chi connectivity index (χ1v) is 14.3. The van der Waals surface area contributed by atoms with Crippen LogP contribution in [0.4, 0.5) is 0 Å². The molecule has 0 aliphatic heterocycles. The molecule has 0 aromatic heterocycles. The highest BCUT2D eigenvalue weighted by Crippen LogP contribution is 2.59. The number of hydrogen-bond donors (Lipinski definition) is 0. The first kappa shape index (κ1) is 26.4. The first-order valence-electron chi connectivity index (χ1n) is 14.3. The Bertz CT molecular complexity index is 2030. The van der Waals surface area contributed by atoms with Crippen molar-refractivity contribution in [3.8, 4) is 16.9 Å². The molecule has 7 rings (SSSR count). The summed E-state index contributed by atoms with van der Waals surface area (Å²) < 4.78 is 11.0. The van der Waals surface area contributed by atoms with Crippen molar-refractivity contribution in [2.24, 2.45) is 0 Å². The lowest BCUT2D eigenvalue weighted by Gasteiger charge is -2.37. The topological polar surface area (TPSA) is 52.6 Å². The zero-order valence-corrected chi connectivity index (χ0v) is 23.5. The minimum atomic E-state index is -0.694. The minimum Gasteiger partial charge on any atom is -0.455 e. The predicted octanol–water partition coefficient (Wildman–Crippen LogP) is 8.38. The van der Waals surface area contributed by atoms with E-state index in [0.29, 0.717) is 12.2 Å². The summed E-state index contributed by atoms with van der Waals surface area (Å²) in [6, 6.07) is 33.7. The van der Waals surface area contributed by atoms with Crippen molar-refractivity contribution in [3.05, 3.63) is 163 Å². The number of fused-ring (bicyclic) bond motifs is 6. The van der Waals surface area contributed by atoms with Crippen molar-refractivity contribution in [3.63, 3.8) is 0 Å². The van der Waals surface area contributed by atoms with E-state index in [1.807, 2.05) is 30.3 Å². The molecule has 2 atom stereocenters. The van der Waals surface area contributed by atoms with Crippen molar-refractivity contribution in [2.75, 3.05) is 0 Å². The van der Waals surface area contributed by atoms with Crippen molar-refractivity contribution in [1.82, 2.24) is 0 Å². The highest BCUT2D eigenvalue weighted by molar-refractivity contribution is 6.03. The molecule has 0 N–H and O–H groups in total. The van der Waals surface area contributed by atoms with Crippen LogP contribution in [0.15, 0.2) is 146 Å². The van der Waals surface area contributed by atoms with Gasteiger partial charge in [-0.15, -0.1) is 0 Å². The quantitative estimate of drug-likeness (QED) is 0.119. The van der Waals surface area contributed by atoms with Gasteiger partial charge in [0.05, 0.1) is 5.41 Å². The summed E-state index contributed by atoms with van der Waals surface area (Å²) in [5.41, 5.74) is 6.15. The van der Waals surface area contributed by atoms with Crippen LogP contribution in [0, 0.1) is 0 Å². The summed E-state index contributed by atoms with van der Waals surface area (Å²) in [6.45, 7) is 7.05.